The molecule has 6 nitrogen and oxygen atoms in total. The second-order valence-electron chi connectivity index (χ2n) is 6.79. The molecule has 0 spiro atoms. The molecule has 1 amide bonds. The number of rotatable bonds is 5. The molecule has 3 rings (SSSR count). The zero-order chi connectivity index (χ0) is 18.0. The number of piperidine rings is 1. The molecular formula is C18H23NO5S. The van der Waals surface area contributed by atoms with Crippen LogP contribution in [0.4, 0.5) is 0 Å². The molecule has 1 atom stereocenters. The SMILES string of the molecule is O=C(O)[C@@H]1CCCCN1C(=O)CCS(=O)(=O)c1ccc2c(c1)CCC2. The van der Waals surface area contributed by atoms with Crippen LogP contribution in [0.2, 0.25) is 0 Å². The van der Waals surface area contributed by atoms with Gasteiger partial charge in [0.15, 0.2) is 9.84 Å². The van der Waals surface area contributed by atoms with Crippen molar-refractivity contribution in [2.45, 2.75) is 55.9 Å². The molecule has 1 aliphatic heterocycles. The van der Waals surface area contributed by atoms with E-state index in [2.05, 4.69) is 0 Å². The van der Waals surface area contributed by atoms with Crippen molar-refractivity contribution in [2.75, 3.05) is 12.3 Å². The molecule has 1 fully saturated rings. The smallest absolute Gasteiger partial charge is 0.326 e. The van der Waals surface area contributed by atoms with E-state index in [4.69, 9.17) is 0 Å². The van der Waals surface area contributed by atoms with Gasteiger partial charge in [0.1, 0.15) is 6.04 Å². The third kappa shape index (κ3) is 3.86. The van der Waals surface area contributed by atoms with Gasteiger partial charge in [-0.05, 0) is 61.8 Å². The molecule has 1 saturated heterocycles. The van der Waals surface area contributed by atoms with Crippen molar-refractivity contribution >= 4 is 21.7 Å². The Hall–Kier alpha value is -1.89. The first-order chi connectivity index (χ1) is 11.9. The quantitative estimate of drug-likeness (QED) is 0.859. The Bertz CT molecular complexity index is 787. The Labute approximate surface area is 147 Å². The molecular weight excluding hydrogens is 342 g/mol. The van der Waals surface area contributed by atoms with Crippen LogP contribution in [-0.2, 0) is 32.3 Å². The summed E-state index contributed by atoms with van der Waals surface area (Å²) in [6.45, 7) is 0.384. The van der Waals surface area contributed by atoms with Crippen molar-refractivity contribution in [3.8, 4) is 0 Å². The van der Waals surface area contributed by atoms with Crippen molar-refractivity contribution in [2.24, 2.45) is 0 Å². The number of benzene rings is 1. The number of carboxylic acid groups (broad SMARTS) is 1. The lowest BCUT2D eigenvalue weighted by molar-refractivity contribution is -0.151. The Morgan fingerprint density at radius 1 is 1.12 bits per heavy atom. The first-order valence-electron chi connectivity index (χ1n) is 8.75. The average molecular weight is 365 g/mol. The van der Waals surface area contributed by atoms with Crippen LogP contribution < -0.4 is 0 Å². The van der Waals surface area contributed by atoms with E-state index in [0.29, 0.717) is 13.0 Å². The fourth-order valence-electron chi connectivity index (χ4n) is 3.71. The Kier molecular flexibility index (Phi) is 5.13. The van der Waals surface area contributed by atoms with E-state index in [1.165, 1.54) is 10.5 Å². The van der Waals surface area contributed by atoms with Crippen LogP contribution in [0.5, 0.6) is 0 Å². The average Bonchev–Trinajstić information content (AvgIpc) is 3.07. The number of sulfone groups is 1. The highest BCUT2D eigenvalue weighted by molar-refractivity contribution is 7.91. The maximum Gasteiger partial charge on any atom is 0.326 e. The van der Waals surface area contributed by atoms with E-state index in [1.54, 1.807) is 12.1 Å². The standard InChI is InChI=1S/C18H23NO5S/c20-17(19-10-2-1-6-16(19)18(21)22)9-11-25(23,24)15-8-7-13-4-3-5-14(13)12-15/h7-8,12,16H,1-6,9-11H2,(H,21,22)/t16-/m0/s1. The summed E-state index contributed by atoms with van der Waals surface area (Å²) in [5, 5.41) is 9.24. The van der Waals surface area contributed by atoms with E-state index < -0.39 is 27.8 Å². The van der Waals surface area contributed by atoms with Gasteiger partial charge < -0.3 is 10.0 Å². The lowest BCUT2D eigenvalue weighted by atomic mass is 10.0. The maximum atomic E-state index is 12.5. The van der Waals surface area contributed by atoms with Crippen LogP contribution in [0.15, 0.2) is 23.1 Å². The zero-order valence-corrected chi connectivity index (χ0v) is 14.9. The first-order valence-corrected chi connectivity index (χ1v) is 10.4. The molecule has 136 valence electrons. The molecule has 0 bridgehead atoms. The van der Waals surface area contributed by atoms with Crippen molar-refractivity contribution in [3.05, 3.63) is 29.3 Å². The lowest BCUT2D eigenvalue weighted by Crippen LogP contribution is -2.48. The second kappa shape index (κ2) is 7.15. The van der Waals surface area contributed by atoms with E-state index in [9.17, 15) is 23.1 Å². The van der Waals surface area contributed by atoms with Gasteiger partial charge in [0.2, 0.25) is 5.91 Å². The Morgan fingerprint density at radius 2 is 1.88 bits per heavy atom. The summed E-state index contributed by atoms with van der Waals surface area (Å²) in [6.07, 6.45) is 4.71. The molecule has 0 saturated carbocycles. The molecule has 25 heavy (non-hydrogen) atoms. The van der Waals surface area contributed by atoms with Gasteiger partial charge in [-0.2, -0.15) is 0 Å². The zero-order valence-electron chi connectivity index (χ0n) is 14.1. The summed E-state index contributed by atoms with van der Waals surface area (Å²) in [5.41, 5.74) is 2.28. The highest BCUT2D eigenvalue weighted by Gasteiger charge is 2.32. The van der Waals surface area contributed by atoms with Crippen molar-refractivity contribution in [1.82, 2.24) is 4.90 Å². The van der Waals surface area contributed by atoms with E-state index in [-0.39, 0.29) is 17.1 Å². The van der Waals surface area contributed by atoms with Crippen LogP contribution in [0.3, 0.4) is 0 Å². The number of fused-ring (bicyclic) bond motifs is 1. The molecule has 0 radical (unpaired) electrons. The van der Waals surface area contributed by atoms with Crippen LogP contribution in [0.1, 0.15) is 43.2 Å². The minimum absolute atomic E-state index is 0.177. The molecule has 1 N–H and O–H groups in total. The Morgan fingerprint density at radius 3 is 2.64 bits per heavy atom. The number of aryl methyl sites for hydroxylation is 2. The van der Waals surface area contributed by atoms with Crippen molar-refractivity contribution in [3.63, 3.8) is 0 Å². The molecule has 7 heteroatoms. The predicted octanol–water partition coefficient (Wildman–Crippen LogP) is 1.80. The summed E-state index contributed by atoms with van der Waals surface area (Å²) in [5.74, 6) is -1.70. The number of hydrogen-bond acceptors (Lipinski definition) is 4. The normalized spacial score (nSPS) is 20.3. The fraction of sp³-hybridized carbons (Fsp3) is 0.556. The monoisotopic (exact) mass is 365 g/mol. The van der Waals surface area contributed by atoms with Gasteiger partial charge >= 0.3 is 5.97 Å². The summed E-state index contributed by atoms with van der Waals surface area (Å²) < 4.78 is 25.1. The minimum atomic E-state index is -3.55. The van der Waals surface area contributed by atoms with Gasteiger partial charge in [-0.3, -0.25) is 4.79 Å². The van der Waals surface area contributed by atoms with Crippen molar-refractivity contribution in [1.29, 1.82) is 0 Å². The summed E-state index contributed by atoms with van der Waals surface area (Å²) in [6, 6.07) is 4.37. The largest absolute Gasteiger partial charge is 0.480 e. The number of amides is 1. The number of aliphatic carboxylic acids is 1. The number of hydrogen-bond donors (Lipinski definition) is 1. The maximum absolute atomic E-state index is 12.5. The minimum Gasteiger partial charge on any atom is -0.480 e. The van der Waals surface area contributed by atoms with Crippen LogP contribution >= 0.6 is 0 Å². The lowest BCUT2D eigenvalue weighted by Gasteiger charge is -2.33. The molecule has 0 unspecified atom stereocenters. The third-order valence-electron chi connectivity index (χ3n) is 5.12. The van der Waals surface area contributed by atoms with E-state index >= 15 is 0 Å². The van der Waals surface area contributed by atoms with E-state index in [0.717, 1.165) is 37.7 Å². The molecule has 1 heterocycles. The predicted molar refractivity (Wildman–Crippen MR) is 92.1 cm³/mol. The van der Waals surface area contributed by atoms with Gasteiger partial charge in [-0.1, -0.05) is 6.07 Å². The molecule has 0 aromatic heterocycles. The molecule has 1 aliphatic carbocycles. The Balaban J connectivity index is 1.67. The van der Waals surface area contributed by atoms with Gasteiger partial charge in [0.05, 0.1) is 10.6 Å². The highest BCUT2D eigenvalue weighted by Crippen LogP contribution is 2.26. The first kappa shape index (κ1) is 17.9. The molecule has 1 aromatic rings. The number of nitrogens with zero attached hydrogens (tertiary/aromatic N) is 1. The molecule has 2 aliphatic rings. The van der Waals surface area contributed by atoms with Crippen LogP contribution in [0, 0.1) is 0 Å². The summed E-state index contributed by atoms with van der Waals surface area (Å²) in [7, 11) is -3.55. The van der Waals surface area contributed by atoms with Crippen molar-refractivity contribution < 1.29 is 23.1 Å². The van der Waals surface area contributed by atoms with Crippen LogP contribution in [0.25, 0.3) is 0 Å². The van der Waals surface area contributed by atoms with Gasteiger partial charge in [-0.25, -0.2) is 13.2 Å². The highest BCUT2D eigenvalue weighted by atomic mass is 32.2. The number of carboxylic acids is 1. The summed E-state index contributed by atoms with van der Waals surface area (Å²) in [4.78, 5) is 25.2. The number of carbonyl (C=O) groups is 2. The summed E-state index contributed by atoms with van der Waals surface area (Å²) >= 11 is 0. The number of carbonyl (C=O) groups excluding carboxylic acids is 1. The van der Waals surface area contributed by atoms with E-state index in [1.807, 2.05) is 6.07 Å². The molecule has 1 aromatic carbocycles. The number of likely N-dealkylation sites (tertiary alicyclic amines) is 1. The van der Waals surface area contributed by atoms with Gasteiger partial charge in [0, 0.05) is 13.0 Å². The van der Waals surface area contributed by atoms with Gasteiger partial charge in [0.25, 0.3) is 0 Å². The topological polar surface area (TPSA) is 91.8 Å². The third-order valence-corrected chi connectivity index (χ3v) is 6.84. The van der Waals surface area contributed by atoms with Gasteiger partial charge in [-0.15, -0.1) is 0 Å². The second-order valence-corrected chi connectivity index (χ2v) is 8.90. The van der Waals surface area contributed by atoms with Crippen LogP contribution in [-0.4, -0.2) is 48.6 Å². The fourth-order valence-corrected chi connectivity index (χ4v) is 4.99.